The number of fused-ring (bicyclic) bond motifs is 4. The van der Waals surface area contributed by atoms with Gasteiger partial charge < -0.3 is 0 Å². The van der Waals surface area contributed by atoms with Crippen LogP contribution >= 0.6 is 0 Å². The second-order valence-corrected chi connectivity index (χ2v) is 7.76. The lowest BCUT2D eigenvalue weighted by atomic mass is 9.35. The summed E-state index contributed by atoms with van der Waals surface area (Å²) in [5, 5.41) is 5.27. The van der Waals surface area contributed by atoms with Gasteiger partial charge in [-0.1, -0.05) is 126 Å². The van der Waals surface area contributed by atoms with Crippen LogP contribution in [0.25, 0.3) is 33.7 Å². The molecule has 0 saturated heterocycles. The van der Waals surface area contributed by atoms with E-state index in [9.17, 15) is 0 Å². The Morgan fingerprint density at radius 3 is 1.45 bits per heavy atom. The summed E-state index contributed by atoms with van der Waals surface area (Å²) in [7, 11) is 0. The van der Waals surface area contributed by atoms with Gasteiger partial charge in [-0.25, -0.2) is 0 Å². The number of benzene rings is 5. The lowest BCUT2D eigenvalue weighted by molar-refractivity contribution is 1.70. The summed E-state index contributed by atoms with van der Waals surface area (Å²) >= 11 is 0. The minimum absolute atomic E-state index is 0.188. The molecule has 29 heavy (non-hydrogen) atoms. The summed E-state index contributed by atoms with van der Waals surface area (Å²) in [5.74, 6) is 0. The molecule has 0 fully saturated rings. The van der Waals surface area contributed by atoms with Crippen molar-refractivity contribution in [3.63, 3.8) is 0 Å². The predicted molar refractivity (Wildman–Crippen MR) is 128 cm³/mol. The maximum atomic E-state index is 2.32. The molecule has 0 amide bonds. The molecule has 0 radical (unpaired) electrons. The van der Waals surface area contributed by atoms with Gasteiger partial charge in [0.25, 0.3) is 0 Å². The summed E-state index contributed by atoms with van der Waals surface area (Å²) in [6.07, 6.45) is 4.53. The highest BCUT2D eigenvalue weighted by atomic mass is 14.1. The molecule has 1 heterocycles. The zero-order chi connectivity index (χ0) is 19.2. The Balaban J connectivity index is 1.81. The van der Waals surface area contributed by atoms with E-state index >= 15 is 0 Å². The van der Waals surface area contributed by atoms with Gasteiger partial charge in [-0.05, 0) is 38.7 Å². The quantitative estimate of drug-likeness (QED) is 0.284. The fourth-order valence-corrected chi connectivity index (χ4v) is 4.87. The van der Waals surface area contributed by atoms with Crippen LogP contribution in [0.4, 0.5) is 0 Å². The van der Waals surface area contributed by atoms with Crippen molar-refractivity contribution < 1.29 is 0 Å². The van der Waals surface area contributed by atoms with Crippen LogP contribution in [0.5, 0.6) is 0 Å². The van der Waals surface area contributed by atoms with Crippen LogP contribution in [0.2, 0.25) is 0 Å². The van der Waals surface area contributed by atoms with Gasteiger partial charge in [0.2, 0.25) is 6.71 Å². The summed E-state index contributed by atoms with van der Waals surface area (Å²) in [6, 6.07) is 37.6. The standard InChI is InChI=1S/C28H19B/c1-5-13-24-22(11-1)19-23-12-2-6-14-25(23)28(24)29-26-15-7-3-9-20(26)17-18-21-10-4-8-16-27(21)29/h1-19H. The topological polar surface area (TPSA) is 0 Å². The van der Waals surface area contributed by atoms with Crippen molar-refractivity contribution in [1.29, 1.82) is 0 Å². The molecule has 5 aromatic rings. The minimum atomic E-state index is 0.188. The molecule has 0 aromatic heterocycles. The van der Waals surface area contributed by atoms with E-state index < -0.39 is 0 Å². The van der Waals surface area contributed by atoms with Crippen molar-refractivity contribution >= 4 is 56.8 Å². The van der Waals surface area contributed by atoms with Gasteiger partial charge in [-0.3, -0.25) is 0 Å². The first kappa shape index (κ1) is 16.4. The highest BCUT2D eigenvalue weighted by Gasteiger charge is 2.29. The lowest BCUT2D eigenvalue weighted by Gasteiger charge is -2.22. The Kier molecular flexibility index (Phi) is 3.67. The number of rotatable bonds is 1. The lowest BCUT2D eigenvalue weighted by Crippen LogP contribution is -2.53. The Morgan fingerprint density at radius 1 is 0.448 bits per heavy atom. The summed E-state index contributed by atoms with van der Waals surface area (Å²) < 4.78 is 0. The molecule has 0 saturated carbocycles. The maximum absolute atomic E-state index is 2.32. The van der Waals surface area contributed by atoms with Crippen LogP contribution in [0.15, 0.2) is 103 Å². The molecular formula is C28H19B. The van der Waals surface area contributed by atoms with E-state index in [-0.39, 0.29) is 6.71 Å². The van der Waals surface area contributed by atoms with Gasteiger partial charge in [0, 0.05) is 0 Å². The molecule has 0 atom stereocenters. The minimum Gasteiger partial charge on any atom is -0.0664 e. The molecule has 0 bridgehead atoms. The maximum Gasteiger partial charge on any atom is 0.244 e. The average Bonchev–Trinajstić information content (AvgIpc) is 2.94. The van der Waals surface area contributed by atoms with Crippen molar-refractivity contribution in [3.05, 3.63) is 114 Å². The second-order valence-electron chi connectivity index (χ2n) is 7.76. The van der Waals surface area contributed by atoms with Gasteiger partial charge in [-0.15, -0.1) is 0 Å². The molecule has 0 nitrogen and oxygen atoms in total. The third-order valence-corrected chi connectivity index (χ3v) is 6.16. The third kappa shape index (κ3) is 2.55. The first-order valence-electron chi connectivity index (χ1n) is 10.2. The first-order valence-corrected chi connectivity index (χ1v) is 10.2. The molecule has 0 spiro atoms. The predicted octanol–water partition coefficient (Wildman–Crippen LogP) is 4.99. The van der Waals surface area contributed by atoms with Gasteiger partial charge in [0.1, 0.15) is 0 Å². The fourth-order valence-electron chi connectivity index (χ4n) is 4.87. The molecular weight excluding hydrogens is 347 g/mol. The molecule has 6 rings (SSSR count). The molecule has 1 aliphatic heterocycles. The summed E-state index contributed by atoms with van der Waals surface area (Å²) in [4.78, 5) is 0. The van der Waals surface area contributed by atoms with Gasteiger partial charge in [0.05, 0.1) is 0 Å². The largest absolute Gasteiger partial charge is 0.244 e. The van der Waals surface area contributed by atoms with Crippen LogP contribution in [-0.2, 0) is 0 Å². The SMILES string of the molecule is C1=Cc2ccccc2B(c2c3ccccc3cc3ccccc23)c2ccccc21. The van der Waals surface area contributed by atoms with Gasteiger partial charge in [0.15, 0.2) is 0 Å². The Hall–Kier alpha value is -3.58. The zero-order valence-corrected chi connectivity index (χ0v) is 16.0. The third-order valence-electron chi connectivity index (χ3n) is 6.16. The molecule has 1 heteroatoms. The number of hydrogen-bond acceptors (Lipinski definition) is 0. The van der Waals surface area contributed by atoms with Crippen molar-refractivity contribution in [2.24, 2.45) is 0 Å². The van der Waals surface area contributed by atoms with Crippen molar-refractivity contribution in [2.45, 2.75) is 0 Å². The van der Waals surface area contributed by atoms with Crippen LogP contribution in [0, 0.1) is 0 Å². The molecule has 0 N–H and O–H groups in total. The van der Waals surface area contributed by atoms with E-state index in [0.29, 0.717) is 0 Å². The van der Waals surface area contributed by atoms with Crippen molar-refractivity contribution in [1.82, 2.24) is 0 Å². The van der Waals surface area contributed by atoms with Crippen LogP contribution in [-0.4, -0.2) is 6.71 Å². The van der Waals surface area contributed by atoms with E-state index in [1.165, 1.54) is 49.1 Å². The van der Waals surface area contributed by atoms with E-state index in [4.69, 9.17) is 0 Å². The monoisotopic (exact) mass is 366 g/mol. The van der Waals surface area contributed by atoms with E-state index in [1.807, 2.05) is 0 Å². The molecule has 0 unspecified atom stereocenters. The van der Waals surface area contributed by atoms with Crippen LogP contribution < -0.4 is 16.4 Å². The Bertz CT molecular complexity index is 1310. The molecule has 0 aliphatic carbocycles. The van der Waals surface area contributed by atoms with Crippen molar-refractivity contribution in [2.75, 3.05) is 0 Å². The van der Waals surface area contributed by atoms with Crippen molar-refractivity contribution in [3.8, 4) is 0 Å². The molecule has 5 aromatic carbocycles. The Morgan fingerprint density at radius 2 is 0.897 bits per heavy atom. The van der Waals surface area contributed by atoms with E-state index in [1.54, 1.807) is 0 Å². The van der Waals surface area contributed by atoms with Gasteiger partial charge >= 0.3 is 0 Å². The van der Waals surface area contributed by atoms with E-state index in [2.05, 4.69) is 115 Å². The van der Waals surface area contributed by atoms with E-state index in [0.717, 1.165) is 0 Å². The van der Waals surface area contributed by atoms with Crippen LogP contribution in [0.1, 0.15) is 11.1 Å². The highest BCUT2D eigenvalue weighted by Crippen LogP contribution is 2.23. The molecule has 134 valence electrons. The summed E-state index contributed by atoms with van der Waals surface area (Å²) in [6.45, 7) is 0.188. The fraction of sp³-hybridized carbons (Fsp3) is 0. The molecule has 1 aliphatic rings. The normalized spacial score (nSPS) is 12.6. The van der Waals surface area contributed by atoms with Crippen LogP contribution in [0.3, 0.4) is 0 Å². The average molecular weight is 366 g/mol. The second kappa shape index (κ2) is 6.50. The smallest absolute Gasteiger partial charge is 0.0664 e. The summed E-state index contributed by atoms with van der Waals surface area (Å²) in [5.41, 5.74) is 6.74. The first-order chi connectivity index (χ1) is 14.4. The zero-order valence-electron chi connectivity index (χ0n) is 16.0. The van der Waals surface area contributed by atoms with Gasteiger partial charge in [-0.2, -0.15) is 0 Å². The Labute approximate surface area is 171 Å². The number of hydrogen-bond donors (Lipinski definition) is 0. The highest BCUT2D eigenvalue weighted by molar-refractivity contribution is 6.99.